The van der Waals surface area contributed by atoms with E-state index in [4.69, 9.17) is 6.42 Å². The zero-order valence-corrected chi connectivity index (χ0v) is 10.6. The zero-order chi connectivity index (χ0) is 12.8. The minimum atomic E-state index is 0.270. The van der Waals surface area contributed by atoms with Gasteiger partial charge in [0.05, 0.1) is 0 Å². The number of nitrogens with one attached hydrogen (secondary N) is 1. The summed E-state index contributed by atoms with van der Waals surface area (Å²) in [6.07, 6.45) is 9.98. The lowest BCUT2D eigenvalue weighted by Gasteiger charge is -2.13. The van der Waals surface area contributed by atoms with Gasteiger partial charge in [-0.1, -0.05) is 54.5 Å². The van der Waals surface area contributed by atoms with Gasteiger partial charge < -0.3 is 5.32 Å². The molecule has 0 bridgehead atoms. The average Bonchev–Trinajstić information content (AvgIpc) is 2.43. The van der Waals surface area contributed by atoms with Crippen molar-refractivity contribution in [3.8, 4) is 12.3 Å². The molecule has 2 rings (SSSR count). The Labute approximate surface area is 109 Å². The SMILES string of the molecule is C#CC=CC(Cc1cccc2ccccc12)NC. The highest BCUT2D eigenvalue weighted by Gasteiger charge is 2.06. The monoisotopic (exact) mass is 235 g/mol. The Balaban J connectivity index is 2.31. The van der Waals surface area contributed by atoms with Gasteiger partial charge in [0.15, 0.2) is 0 Å². The molecule has 2 aromatic carbocycles. The van der Waals surface area contributed by atoms with E-state index in [0.717, 1.165) is 6.42 Å². The molecule has 0 radical (unpaired) electrons. The van der Waals surface area contributed by atoms with Crippen molar-refractivity contribution in [1.29, 1.82) is 0 Å². The van der Waals surface area contributed by atoms with Crippen LogP contribution in [-0.2, 0) is 6.42 Å². The van der Waals surface area contributed by atoms with Gasteiger partial charge in [-0.25, -0.2) is 0 Å². The summed E-state index contributed by atoms with van der Waals surface area (Å²) >= 11 is 0. The molecular formula is C17H17N. The second-order valence-corrected chi connectivity index (χ2v) is 4.26. The van der Waals surface area contributed by atoms with Gasteiger partial charge in [0.25, 0.3) is 0 Å². The van der Waals surface area contributed by atoms with E-state index in [9.17, 15) is 0 Å². The summed E-state index contributed by atoms with van der Waals surface area (Å²) in [5.74, 6) is 2.53. The van der Waals surface area contributed by atoms with Crippen molar-refractivity contribution < 1.29 is 0 Å². The fourth-order valence-corrected chi connectivity index (χ4v) is 2.15. The maximum absolute atomic E-state index is 5.25. The predicted molar refractivity (Wildman–Crippen MR) is 78.5 cm³/mol. The maximum atomic E-state index is 5.25. The van der Waals surface area contributed by atoms with Gasteiger partial charge in [-0.05, 0) is 35.9 Å². The summed E-state index contributed by atoms with van der Waals surface area (Å²) in [5, 5.41) is 5.87. The topological polar surface area (TPSA) is 12.0 Å². The van der Waals surface area contributed by atoms with Crippen molar-refractivity contribution in [2.75, 3.05) is 7.05 Å². The lowest BCUT2D eigenvalue weighted by atomic mass is 9.98. The minimum absolute atomic E-state index is 0.270. The molecule has 90 valence electrons. The number of fused-ring (bicyclic) bond motifs is 1. The quantitative estimate of drug-likeness (QED) is 0.803. The molecule has 0 aliphatic carbocycles. The number of allylic oxidation sites excluding steroid dienone is 1. The Morgan fingerprint density at radius 1 is 1.22 bits per heavy atom. The fraction of sp³-hybridized carbons (Fsp3) is 0.176. The highest BCUT2D eigenvalue weighted by molar-refractivity contribution is 5.85. The molecule has 0 amide bonds. The van der Waals surface area contributed by atoms with Gasteiger partial charge in [0, 0.05) is 6.04 Å². The Bertz CT molecular complexity index is 585. The molecule has 0 saturated carbocycles. The molecule has 0 aliphatic rings. The van der Waals surface area contributed by atoms with Crippen LogP contribution in [0.1, 0.15) is 5.56 Å². The molecule has 1 unspecified atom stereocenters. The summed E-state index contributed by atoms with van der Waals surface area (Å²) in [6.45, 7) is 0. The summed E-state index contributed by atoms with van der Waals surface area (Å²) in [5.41, 5.74) is 1.34. The third kappa shape index (κ3) is 2.80. The lowest BCUT2D eigenvalue weighted by molar-refractivity contribution is 0.667. The molecule has 1 nitrogen and oxygen atoms in total. The molecule has 1 heteroatoms. The predicted octanol–water partition coefficient (Wildman–Crippen LogP) is 3.16. The van der Waals surface area contributed by atoms with Crippen LogP contribution in [0, 0.1) is 12.3 Å². The molecular weight excluding hydrogens is 218 g/mol. The second-order valence-electron chi connectivity index (χ2n) is 4.26. The van der Waals surface area contributed by atoms with Crippen molar-refractivity contribution in [3.05, 3.63) is 60.2 Å². The summed E-state index contributed by atoms with van der Waals surface area (Å²) in [7, 11) is 1.96. The Hall–Kier alpha value is -2.04. The molecule has 0 fully saturated rings. The number of hydrogen-bond donors (Lipinski definition) is 1. The molecule has 2 aromatic rings. The van der Waals surface area contributed by atoms with Crippen molar-refractivity contribution in [3.63, 3.8) is 0 Å². The zero-order valence-electron chi connectivity index (χ0n) is 10.6. The molecule has 0 spiro atoms. The minimum Gasteiger partial charge on any atom is -0.313 e. The van der Waals surface area contributed by atoms with Gasteiger partial charge in [-0.15, -0.1) is 6.42 Å². The first kappa shape index (κ1) is 12.4. The van der Waals surface area contributed by atoms with Gasteiger partial charge in [-0.2, -0.15) is 0 Å². The normalized spacial score (nSPS) is 12.7. The van der Waals surface area contributed by atoms with E-state index in [1.54, 1.807) is 6.08 Å². The Kier molecular flexibility index (Phi) is 4.17. The van der Waals surface area contributed by atoms with E-state index in [1.165, 1.54) is 16.3 Å². The van der Waals surface area contributed by atoms with Gasteiger partial charge in [-0.3, -0.25) is 0 Å². The smallest absolute Gasteiger partial charge is 0.0297 e. The van der Waals surface area contributed by atoms with Crippen molar-refractivity contribution in [2.45, 2.75) is 12.5 Å². The largest absolute Gasteiger partial charge is 0.313 e. The first-order valence-corrected chi connectivity index (χ1v) is 6.12. The molecule has 0 aliphatic heterocycles. The molecule has 1 atom stereocenters. The van der Waals surface area contributed by atoms with Crippen LogP contribution in [0.15, 0.2) is 54.6 Å². The van der Waals surface area contributed by atoms with Gasteiger partial charge in [0.1, 0.15) is 0 Å². The van der Waals surface area contributed by atoms with Crippen LogP contribution < -0.4 is 5.32 Å². The van der Waals surface area contributed by atoms with Crippen LogP contribution in [0.3, 0.4) is 0 Å². The van der Waals surface area contributed by atoms with E-state index >= 15 is 0 Å². The summed E-state index contributed by atoms with van der Waals surface area (Å²) in [6, 6.07) is 15.2. The first-order chi connectivity index (χ1) is 8.85. The Morgan fingerprint density at radius 2 is 2.00 bits per heavy atom. The number of benzene rings is 2. The van der Waals surface area contributed by atoms with Crippen molar-refractivity contribution in [2.24, 2.45) is 0 Å². The van der Waals surface area contributed by atoms with E-state index < -0.39 is 0 Å². The molecule has 0 saturated heterocycles. The number of hydrogen-bond acceptors (Lipinski definition) is 1. The summed E-state index contributed by atoms with van der Waals surface area (Å²) < 4.78 is 0. The second kappa shape index (κ2) is 6.05. The fourth-order valence-electron chi connectivity index (χ4n) is 2.15. The highest BCUT2D eigenvalue weighted by Crippen LogP contribution is 2.19. The standard InChI is InChI=1S/C17H17N/c1-3-4-11-16(18-2)13-15-10-7-9-14-8-5-6-12-17(14)15/h1,4-12,16,18H,13H2,2H3. The summed E-state index contributed by atoms with van der Waals surface area (Å²) in [4.78, 5) is 0. The maximum Gasteiger partial charge on any atom is 0.0297 e. The van der Waals surface area contributed by atoms with Gasteiger partial charge in [0.2, 0.25) is 0 Å². The van der Waals surface area contributed by atoms with Crippen LogP contribution in [0.25, 0.3) is 10.8 Å². The van der Waals surface area contributed by atoms with Crippen molar-refractivity contribution >= 4 is 10.8 Å². The van der Waals surface area contributed by atoms with Crippen LogP contribution >= 0.6 is 0 Å². The number of rotatable bonds is 4. The molecule has 0 aromatic heterocycles. The lowest BCUT2D eigenvalue weighted by Crippen LogP contribution is -2.25. The van der Waals surface area contributed by atoms with Crippen LogP contribution in [0.2, 0.25) is 0 Å². The van der Waals surface area contributed by atoms with Crippen LogP contribution in [-0.4, -0.2) is 13.1 Å². The van der Waals surface area contributed by atoms with Crippen LogP contribution in [0.4, 0.5) is 0 Å². The highest BCUT2D eigenvalue weighted by atomic mass is 14.9. The van der Waals surface area contributed by atoms with E-state index in [2.05, 4.69) is 53.7 Å². The third-order valence-electron chi connectivity index (χ3n) is 3.12. The van der Waals surface area contributed by atoms with E-state index in [1.807, 2.05) is 13.1 Å². The molecule has 0 heterocycles. The number of likely N-dealkylation sites (N-methyl/N-ethyl adjacent to an activating group) is 1. The molecule has 18 heavy (non-hydrogen) atoms. The first-order valence-electron chi connectivity index (χ1n) is 6.12. The van der Waals surface area contributed by atoms with Gasteiger partial charge >= 0.3 is 0 Å². The van der Waals surface area contributed by atoms with E-state index in [0.29, 0.717) is 0 Å². The van der Waals surface area contributed by atoms with Crippen LogP contribution in [0.5, 0.6) is 0 Å². The molecule has 1 N–H and O–H groups in total. The Morgan fingerprint density at radius 3 is 2.78 bits per heavy atom. The van der Waals surface area contributed by atoms with E-state index in [-0.39, 0.29) is 6.04 Å². The number of terminal acetylenes is 1. The average molecular weight is 235 g/mol. The third-order valence-corrected chi connectivity index (χ3v) is 3.12. The van der Waals surface area contributed by atoms with Crippen molar-refractivity contribution in [1.82, 2.24) is 5.32 Å².